The molecule has 0 atom stereocenters. The topological polar surface area (TPSA) is 57.4 Å². The van der Waals surface area contributed by atoms with Gasteiger partial charge in [-0.3, -0.25) is 0 Å². The smallest absolute Gasteiger partial charge is 0.225 e. The number of aromatic nitrogens is 2. The van der Waals surface area contributed by atoms with Crippen molar-refractivity contribution in [1.82, 2.24) is 20.2 Å². The number of rotatable bonds is 3. The van der Waals surface area contributed by atoms with Crippen molar-refractivity contribution in [1.29, 1.82) is 0 Å². The van der Waals surface area contributed by atoms with Gasteiger partial charge in [0.05, 0.1) is 12.8 Å². The van der Waals surface area contributed by atoms with E-state index in [0.717, 1.165) is 43.0 Å². The lowest BCUT2D eigenvalue weighted by atomic mass is 10.3. The van der Waals surface area contributed by atoms with E-state index < -0.39 is 0 Å². The summed E-state index contributed by atoms with van der Waals surface area (Å²) in [5.41, 5.74) is 0. The minimum Gasteiger partial charge on any atom is -0.467 e. The van der Waals surface area contributed by atoms with Gasteiger partial charge in [-0.15, -0.1) is 0 Å². The van der Waals surface area contributed by atoms with Crippen LogP contribution < -0.4 is 10.2 Å². The SMILES string of the molecule is S=C(NCc1ccco1)N1CCN(c2ncccn2)CC1. The van der Waals surface area contributed by atoms with E-state index in [4.69, 9.17) is 16.6 Å². The first-order valence-electron chi connectivity index (χ1n) is 6.90. The van der Waals surface area contributed by atoms with Gasteiger partial charge >= 0.3 is 0 Å². The fourth-order valence-electron chi connectivity index (χ4n) is 2.25. The van der Waals surface area contributed by atoms with Gasteiger partial charge < -0.3 is 19.5 Å². The Morgan fingerprint density at radius 3 is 2.62 bits per heavy atom. The molecular formula is C14H17N5OS. The third-order valence-corrected chi connectivity index (χ3v) is 3.80. The Bertz CT molecular complexity index is 566. The molecule has 0 aromatic carbocycles. The summed E-state index contributed by atoms with van der Waals surface area (Å²) in [5, 5.41) is 3.99. The highest BCUT2D eigenvalue weighted by molar-refractivity contribution is 7.80. The van der Waals surface area contributed by atoms with Crippen LogP contribution >= 0.6 is 12.2 Å². The molecule has 3 heterocycles. The Morgan fingerprint density at radius 2 is 1.95 bits per heavy atom. The zero-order valence-electron chi connectivity index (χ0n) is 11.6. The molecule has 7 heteroatoms. The summed E-state index contributed by atoms with van der Waals surface area (Å²) in [6, 6.07) is 5.63. The van der Waals surface area contributed by atoms with Gasteiger partial charge in [0.1, 0.15) is 5.76 Å². The van der Waals surface area contributed by atoms with E-state index in [1.54, 1.807) is 18.7 Å². The molecule has 0 bridgehead atoms. The predicted molar refractivity (Wildman–Crippen MR) is 84.0 cm³/mol. The van der Waals surface area contributed by atoms with Crippen molar-refractivity contribution in [3.05, 3.63) is 42.6 Å². The van der Waals surface area contributed by atoms with E-state index in [2.05, 4.69) is 25.1 Å². The van der Waals surface area contributed by atoms with Gasteiger partial charge in [0.25, 0.3) is 0 Å². The molecule has 1 aliphatic rings. The van der Waals surface area contributed by atoms with Gasteiger partial charge in [-0.1, -0.05) is 0 Å². The summed E-state index contributed by atoms with van der Waals surface area (Å²) >= 11 is 5.43. The van der Waals surface area contributed by atoms with Gasteiger partial charge in [-0.2, -0.15) is 0 Å². The van der Waals surface area contributed by atoms with E-state index in [9.17, 15) is 0 Å². The first-order valence-corrected chi connectivity index (χ1v) is 7.31. The second-order valence-electron chi connectivity index (χ2n) is 4.76. The van der Waals surface area contributed by atoms with Crippen molar-refractivity contribution in [2.24, 2.45) is 0 Å². The van der Waals surface area contributed by atoms with Gasteiger partial charge in [0.15, 0.2) is 5.11 Å². The maximum Gasteiger partial charge on any atom is 0.225 e. The minimum atomic E-state index is 0.619. The van der Waals surface area contributed by atoms with E-state index >= 15 is 0 Å². The predicted octanol–water partition coefficient (Wildman–Crippen LogP) is 1.27. The molecule has 0 saturated carbocycles. The van der Waals surface area contributed by atoms with Crippen LogP contribution in [0.3, 0.4) is 0 Å². The van der Waals surface area contributed by atoms with Crippen LogP contribution in [-0.4, -0.2) is 46.2 Å². The Kier molecular flexibility index (Phi) is 4.30. The Labute approximate surface area is 128 Å². The third kappa shape index (κ3) is 3.49. The Morgan fingerprint density at radius 1 is 1.19 bits per heavy atom. The molecule has 6 nitrogen and oxygen atoms in total. The van der Waals surface area contributed by atoms with Gasteiger partial charge in [0, 0.05) is 38.6 Å². The van der Waals surface area contributed by atoms with Crippen LogP contribution in [0.15, 0.2) is 41.3 Å². The molecule has 2 aromatic rings. The molecule has 0 aliphatic carbocycles. The fourth-order valence-corrected chi connectivity index (χ4v) is 2.51. The zero-order valence-corrected chi connectivity index (χ0v) is 12.4. The molecule has 2 aromatic heterocycles. The maximum atomic E-state index is 5.43. The molecule has 0 amide bonds. The van der Waals surface area contributed by atoms with Crippen LogP contribution in [0, 0.1) is 0 Å². The largest absolute Gasteiger partial charge is 0.467 e. The lowest BCUT2D eigenvalue weighted by molar-refractivity contribution is 0.375. The molecule has 1 fully saturated rings. The van der Waals surface area contributed by atoms with Crippen LogP contribution in [0.4, 0.5) is 5.95 Å². The standard InChI is InChI=1S/C14H17N5OS/c21-14(17-11-12-3-1-10-20-12)19-8-6-18(7-9-19)13-15-4-2-5-16-13/h1-5,10H,6-9,11H2,(H,17,21). The summed E-state index contributed by atoms with van der Waals surface area (Å²) in [5.74, 6) is 1.67. The highest BCUT2D eigenvalue weighted by Gasteiger charge is 2.20. The highest BCUT2D eigenvalue weighted by atomic mass is 32.1. The normalized spacial score (nSPS) is 15.0. The van der Waals surface area contributed by atoms with Gasteiger partial charge in [-0.05, 0) is 30.4 Å². The van der Waals surface area contributed by atoms with Crippen LogP contribution in [0.25, 0.3) is 0 Å². The first kappa shape index (κ1) is 13.8. The molecule has 0 radical (unpaired) electrons. The van der Waals surface area contributed by atoms with Crippen LogP contribution in [-0.2, 0) is 6.54 Å². The van der Waals surface area contributed by atoms with Crippen LogP contribution in [0.5, 0.6) is 0 Å². The molecule has 21 heavy (non-hydrogen) atoms. The molecule has 1 N–H and O–H groups in total. The molecular weight excluding hydrogens is 286 g/mol. The average Bonchev–Trinajstić information content (AvgIpc) is 3.07. The number of thiocarbonyl (C=S) groups is 1. The molecule has 0 unspecified atom stereocenters. The number of furan rings is 1. The second kappa shape index (κ2) is 6.53. The van der Waals surface area contributed by atoms with E-state index in [0.29, 0.717) is 6.54 Å². The lowest BCUT2D eigenvalue weighted by Gasteiger charge is -2.36. The number of hydrogen-bond acceptors (Lipinski definition) is 5. The summed E-state index contributed by atoms with van der Waals surface area (Å²) in [7, 11) is 0. The van der Waals surface area contributed by atoms with Crippen molar-refractivity contribution in [2.75, 3.05) is 31.1 Å². The number of anilines is 1. The van der Waals surface area contributed by atoms with Crippen molar-refractivity contribution < 1.29 is 4.42 Å². The lowest BCUT2D eigenvalue weighted by Crippen LogP contribution is -2.52. The number of hydrogen-bond donors (Lipinski definition) is 1. The summed E-state index contributed by atoms with van der Waals surface area (Å²) in [4.78, 5) is 12.9. The highest BCUT2D eigenvalue weighted by Crippen LogP contribution is 2.10. The summed E-state index contributed by atoms with van der Waals surface area (Å²) in [6.07, 6.45) is 5.20. The second-order valence-corrected chi connectivity index (χ2v) is 5.15. The monoisotopic (exact) mass is 303 g/mol. The molecule has 0 spiro atoms. The van der Waals surface area contributed by atoms with Crippen molar-refractivity contribution in [2.45, 2.75) is 6.54 Å². The van der Waals surface area contributed by atoms with Crippen molar-refractivity contribution >= 4 is 23.3 Å². The van der Waals surface area contributed by atoms with Crippen molar-refractivity contribution in [3.63, 3.8) is 0 Å². The number of nitrogens with zero attached hydrogens (tertiary/aromatic N) is 4. The molecule has 1 aliphatic heterocycles. The van der Waals surface area contributed by atoms with Gasteiger partial charge in [0.2, 0.25) is 5.95 Å². The van der Waals surface area contributed by atoms with E-state index in [1.165, 1.54) is 0 Å². The Hall–Kier alpha value is -2.15. The van der Waals surface area contributed by atoms with Crippen LogP contribution in [0.1, 0.15) is 5.76 Å². The summed E-state index contributed by atoms with van der Waals surface area (Å²) < 4.78 is 5.28. The average molecular weight is 303 g/mol. The quantitative estimate of drug-likeness (QED) is 0.857. The van der Waals surface area contributed by atoms with Crippen LogP contribution in [0.2, 0.25) is 0 Å². The zero-order chi connectivity index (χ0) is 14.5. The Balaban J connectivity index is 1.48. The number of piperazine rings is 1. The molecule has 1 saturated heterocycles. The maximum absolute atomic E-state index is 5.43. The van der Waals surface area contributed by atoms with E-state index in [1.807, 2.05) is 18.2 Å². The van der Waals surface area contributed by atoms with E-state index in [-0.39, 0.29) is 0 Å². The summed E-state index contributed by atoms with van der Waals surface area (Å²) in [6.45, 7) is 4.08. The number of nitrogens with one attached hydrogen (secondary N) is 1. The molecule has 110 valence electrons. The minimum absolute atomic E-state index is 0.619. The van der Waals surface area contributed by atoms with Gasteiger partial charge in [-0.25, -0.2) is 9.97 Å². The third-order valence-electron chi connectivity index (χ3n) is 3.40. The molecule has 3 rings (SSSR count). The van der Waals surface area contributed by atoms with Crippen molar-refractivity contribution in [3.8, 4) is 0 Å². The fraction of sp³-hybridized carbons (Fsp3) is 0.357. The first-order chi connectivity index (χ1) is 10.3.